The molecule has 4 atom stereocenters. The normalized spacial score (nSPS) is 27.7. The molecule has 0 N–H and O–H groups in total. The number of carbonyl (C=O) groups excluding carboxylic acids is 1. The first kappa shape index (κ1) is 18.1. The van der Waals surface area contributed by atoms with Gasteiger partial charge in [0.2, 0.25) is 0 Å². The molecule has 0 spiro atoms. The molecule has 25 heavy (non-hydrogen) atoms. The third-order valence-electron chi connectivity index (χ3n) is 6.84. The average Bonchev–Trinajstić information content (AvgIpc) is 3.16. The van der Waals surface area contributed by atoms with Gasteiger partial charge in [0, 0.05) is 5.92 Å². The van der Waals surface area contributed by atoms with Crippen LogP contribution in [0.3, 0.4) is 0 Å². The van der Waals surface area contributed by atoms with Crippen molar-refractivity contribution < 1.29 is 4.79 Å². The molecule has 0 saturated heterocycles. The molecule has 136 valence electrons. The highest BCUT2D eigenvalue weighted by Crippen LogP contribution is 2.53. The van der Waals surface area contributed by atoms with Gasteiger partial charge in [0.1, 0.15) is 17.6 Å². The summed E-state index contributed by atoms with van der Waals surface area (Å²) in [5, 5.41) is 9.07. The van der Waals surface area contributed by atoms with Crippen LogP contribution in [-0.2, 0) is 11.3 Å². The molecule has 1 heterocycles. The predicted molar refractivity (Wildman–Crippen MR) is 101 cm³/mol. The molecule has 1 aliphatic carbocycles. The molecular weight excluding hydrogens is 310 g/mol. The minimum Gasteiger partial charge on any atom is -0.297 e. The van der Waals surface area contributed by atoms with E-state index in [4.69, 9.17) is 0 Å². The summed E-state index contributed by atoms with van der Waals surface area (Å²) in [7, 11) is 0. The molecule has 4 nitrogen and oxygen atoms in total. The van der Waals surface area contributed by atoms with Crippen LogP contribution < -0.4 is 0 Å². The maximum atomic E-state index is 13.1. The minimum absolute atomic E-state index is 0.106. The summed E-state index contributed by atoms with van der Waals surface area (Å²) in [6, 6.07) is 5.98. The standard InChI is InChI=1S/C21H31N3O/c1-6-14(3)16-11-12-17(21(16,5)7-2)19(25)13-24-22-18-10-8-9-15(4)20(18)23-24/h8-10,14,16-17H,6-7,11-13H2,1-5H3. The molecule has 1 aliphatic rings. The maximum Gasteiger partial charge on any atom is 0.159 e. The molecule has 1 aromatic carbocycles. The number of rotatable bonds is 6. The van der Waals surface area contributed by atoms with Crippen molar-refractivity contribution in [2.45, 2.75) is 66.8 Å². The van der Waals surface area contributed by atoms with Crippen molar-refractivity contribution in [3.63, 3.8) is 0 Å². The topological polar surface area (TPSA) is 47.8 Å². The van der Waals surface area contributed by atoms with Crippen LogP contribution in [0.4, 0.5) is 0 Å². The number of fused-ring (bicyclic) bond motifs is 1. The lowest BCUT2D eigenvalue weighted by molar-refractivity contribution is -0.127. The van der Waals surface area contributed by atoms with E-state index in [2.05, 4.69) is 37.9 Å². The van der Waals surface area contributed by atoms with Gasteiger partial charge in [0.15, 0.2) is 5.78 Å². The number of hydrogen-bond donors (Lipinski definition) is 0. The lowest BCUT2D eigenvalue weighted by Crippen LogP contribution is -2.37. The summed E-state index contributed by atoms with van der Waals surface area (Å²) in [6.45, 7) is 11.5. The summed E-state index contributed by atoms with van der Waals surface area (Å²) in [5.41, 5.74) is 2.98. The van der Waals surface area contributed by atoms with Gasteiger partial charge >= 0.3 is 0 Å². The SMILES string of the molecule is CCC(C)C1CCC(C(=O)Cn2nc3cccc(C)c3n2)C1(C)CC. The largest absolute Gasteiger partial charge is 0.297 e. The van der Waals surface area contributed by atoms with E-state index < -0.39 is 0 Å². The fourth-order valence-electron chi connectivity index (χ4n) is 4.96. The third kappa shape index (κ3) is 3.11. The number of ketones is 1. The van der Waals surface area contributed by atoms with E-state index in [9.17, 15) is 4.79 Å². The molecule has 0 radical (unpaired) electrons. The number of Topliss-reactive ketones (excluding diaryl/α,β-unsaturated/α-hetero) is 1. The number of benzene rings is 1. The fourth-order valence-corrected chi connectivity index (χ4v) is 4.96. The first-order valence-electron chi connectivity index (χ1n) is 9.73. The molecule has 4 heteroatoms. The molecule has 2 aromatic rings. The van der Waals surface area contributed by atoms with Gasteiger partial charge in [-0.3, -0.25) is 4.79 Å². The molecule has 3 rings (SSSR count). The van der Waals surface area contributed by atoms with Crippen molar-refractivity contribution in [2.75, 3.05) is 0 Å². The van der Waals surface area contributed by atoms with Crippen molar-refractivity contribution >= 4 is 16.8 Å². The highest BCUT2D eigenvalue weighted by molar-refractivity contribution is 5.82. The smallest absolute Gasteiger partial charge is 0.159 e. The van der Waals surface area contributed by atoms with Crippen molar-refractivity contribution in [3.8, 4) is 0 Å². The van der Waals surface area contributed by atoms with Gasteiger partial charge in [-0.05, 0) is 55.1 Å². The zero-order valence-corrected chi connectivity index (χ0v) is 16.2. The Balaban J connectivity index is 1.81. The number of carbonyl (C=O) groups is 1. The summed E-state index contributed by atoms with van der Waals surface area (Å²) >= 11 is 0. The zero-order chi connectivity index (χ0) is 18.2. The molecule has 1 fully saturated rings. The van der Waals surface area contributed by atoms with E-state index in [-0.39, 0.29) is 11.3 Å². The van der Waals surface area contributed by atoms with Gasteiger partial charge in [0.05, 0.1) is 0 Å². The zero-order valence-electron chi connectivity index (χ0n) is 16.2. The quantitative estimate of drug-likeness (QED) is 0.758. The summed E-state index contributed by atoms with van der Waals surface area (Å²) in [4.78, 5) is 14.7. The number of nitrogens with zero attached hydrogens (tertiary/aromatic N) is 3. The van der Waals surface area contributed by atoms with E-state index >= 15 is 0 Å². The van der Waals surface area contributed by atoms with Crippen LogP contribution in [0.1, 0.15) is 58.9 Å². The highest BCUT2D eigenvalue weighted by atomic mass is 16.1. The Morgan fingerprint density at radius 3 is 2.72 bits per heavy atom. The van der Waals surface area contributed by atoms with Crippen molar-refractivity contribution in [3.05, 3.63) is 23.8 Å². The van der Waals surface area contributed by atoms with E-state index in [0.29, 0.717) is 24.2 Å². The summed E-state index contributed by atoms with van der Waals surface area (Å²) < 4.78 is 0. The van der Waals surface area contributed by atoms with E-state index in [1.54, 1.807) is 4.80 Å². The lowest BCUT2D eigenvalue weighted by atomic mass is 9.66. The predicted octanol–water partition coefficient (Wildman–Crippen LogP) is 4.80. The molecule has 1 aromatic heterocycles. The van der Waals surface area contributed by atoms with Crippen LogP contribution in [0.2, 0.25) is 0 Å². The first-order chi connectivity index (χ1) is 11.9. The lowest BCUT2D eigenvalue weighted by Gasteiger charge is -2.38. The molecule has 0 aliphatic heterocycles. The molecule has 0 amide bonds. The monoisotopic (exact) mass is 341 g/mol. The Bertz CT molecular complexity index is 766. The van der Waals surface area contributed by atoms with E-state index in [1.807, 2.05) is 25.1 Å². The Labute approximate surface area is 151 Å². The van der Waals surface area contributed by atoms with Crippen LogP contribution in [0.15, 0.2) is 18.2 Å². The molecule has 4 unspecified atom stereocenters. The van der Waals surface area contributed by atoms with Crippen LogP contribution in [-0.4, -0.2) is 20.8 Å². The highest BCUT2D eigenvalue weighted by Gasteiger charge is 2.49. The Hall–Kier alpha value is -1.71. The second kappa shape index (κ2) is 6.89. The average molecular weight is 341 g/mol. The van der Waals surface area contributed by atoms with Gasteiger partial charge in [0.25, 0.3) is 0 Å². The van der Waals surface area contributed by atoms with E-state index in [0.717, 1.165) is 29.4 Å². The van der Waals surface area contributed by atoms with Gasteiger partial charge < -0.3 is 0 Å². The van der Waals surface area contributed by atoms with Crippen molar-refractivity contribution in [1.82, 2.24) is 15.0 Å². The Morgan fingerprint density at radius 1 is 1.32 bits per heavy atom. The van der Waals surface area contributed by atoms with Crippen molar-refractivity contribution in [2.24, 2.45) is 23.2 Å². The fraction of sp³-hybridized carbons (Fsp3) is 0.667. The van der Waals surface area contributed by atoms with Crippen LogP contribution in [0, 0.1) is 30.1 Å². The minimum atomic E-state index is 0.106. The van der Waals surface area contributed by atoms with Gasteiger partial charge in [-0.1, -0.05) is 46.2 Å². The summed E-state index contributed by atoms with van der Waals surface area (Å²) in [5.74, 6) is 1.75. The van der Waals surface area contributed by atoms with Gasteiger partial charge in [-0.15, -0.1) is 0 Å². The first-order valence-corrected chi connectivity index (χ1v) is 9.73. The molecule has 0 bridgehead atoms. The number of aromatic nitrogens is 3. The maximum absolute atomic E-state index is 13.1. The van der Waals surface area contributed by atoms with Crippen LogP contribution in [0.5, 0.6) is 0 Å². The van der Waals surface area contributed by atoms with Crippen LogP contribution in [0.25, 0.3) is 11.0 Å². The number of hydrogen-bond acceptors (Lipinski definition) is 3. The Morgan fingerprint density at radius 2 is 2.08 bits per heavy atom. The third-order valence-corrected chi connectivity index (χ3v) is 6.84. The van der Waals surface area contributed by atoms with E-state index in [1.165, 1.54) is 12.8 Å². The molecular formula is C21H31N3O. The second-order valence-electron chi connectivity index (χ2n) is 8.12. The van der Waals surface area contributed by atoms with Gasteiger partial charge in [-0.2, -0.15) is 15.0 Å². The van der Waals surface area contributed by atoms with Crippen molar-refractivity contribution in [1.29, 1.82) is 0 Å². The Kier molecular flexibility index (Phi) is 4.99. The van der Waals surface area contributed by atoms with Gasteiger partial charge in [-0.25, -0.2) is 0 Å². The summed E-state index contributed by atoms with van der Waals surface area (Å²) in [6.07, 6.45) is 4.43. The molecule has 1 saturated carbocycles. The van der Waals surface area contributed by atoms with Crippen LogP contribution >= 0.6 is 0 Å². The second-order valence-corrected chi connectivity index (χ2v) is 8.12. The number of aryl methyl sites for hydroxylation is 1.